The van der Waals surface area contributed by atoms with Gasteiger partial charge in [-0.1, -0.05) is 24.3 Å². The molecule has 2 aromatic heterocycles. The highest BCUT2D eigenvalue weighted by Gasteiger charge is 2.08. The van der Waals surface area contributed by atoms with Crippen molar-refractivity contribution >= 4 is 39.6 Å². The quantitative estimate of drug-likeness (QED) is 0.766. The van der Waals surface area contributed by atoms with E-state index in [-0.39, 0.29) is 11.8 Å². The number of nitrogens with zero attached hydrogens (tertiary/aromatic N) is 2. The molecule has 2 rings (SSSR count). The van der Waals surface area contributed by atoms with E-state index in [1.807, 2.05) is 18.4 Å². The van der Waals surface area contributed by atoms with E-state index in [1.54, 1.807) is 6.07 Å². The van der Waals surface area contributed by atoms with E-state index in [4.69, 9.17) is 0 Å². The van der Waals surface area contributed by atoms with E-state index in [2.05, 4.69) is 20.8 Å². The van der Waals surface area contributed by atoms with Crippen molar-refractivity contribution < 1.29 is 9.59 Å². The lowest BCUT2D eigenvalue weighted by Gasteiger charge is -2.03. The standard InChI is InChI=1S/C13H16N4O2S2/c1-2-11-16-17-13(21-11)15-10(18)6-3-7-14-12(19)9-5-4-8-20-9/h4-5,8H,2-3,6-7H2,1H3,(H,14,19)(H,15,17,18). The van der Waals surface area contributed by atoms with Crippen molar-refractivity contribution in [3.05, 3.63) is 27.4 Å². The number of hydrogen-bond acceptors (Lipinski definition) is 6. The Morgan fingerprint density at radius 2 is 2.19 bits per heavy atom. The molecule has 0 bridgehead atoms. The number of aromatic nitrogens is 2. The molecule has 8 heteroatoms. The molecule has 112 valence electrons. The first-order valence-electron chi connectivity index (χ1n) is 6.63. The minimum atomic E-state index is -0.112. The van der Waals surface area contributed by atoms with Crippen LogP contribution in [0.5, 0.6) is 0 Å². The van der Waals surface area contributed by atoms with E-state index < -0.39 is 0 Å². The van der Waals surface area contributed by atoms with Crippen LogP contribution in [0.25, 0.3) is 0 Å². The predicted octanol–water partition coefficient (Wildman–Crippen LogP) is 2.31. The first-order chi connectivity index (χ1) is 10.2. The van der Waals surface area contributed by atoms with Gasteiger partial charge in [-0.25, -0.2) is 0 Å². The van der Waals surface area contributed by atoms with Crippen LogP contribution in [0, 0.1) is 0 Å². The largest absolute Gasteiger partial charge is 0.351 e. The Hall–Kier alpha value is -1.80. The summed E-state index contributed by atoms with van der Waals surface area (Å²) < 4.78 is 0. The topological polar surface area (TPSA) is 84.0 Å². The van der Waals surface area contributed by atoms with Crippen molar-refractivity contribution in [3.8, 4) is 0 Å². The maximum absolute atomic E-state index is 11.7. The maximum Gasteiger partial charge on any atom is 0.261 e. The van der Waals surface area contributed by atoms with Crippen molar-refractivity contribution in [1.29, 1.82) is 0 Å². The number of rotatable bonds is 7. The van der Waals surface area contributed by atoms with Gasteiger partial charge in [0.05, 0.1) is 4.88 Å². The summed E-state index contributed by atoms with van der Waals surface area (Å²) in [5.41, 5.74) is 0. The molecule has 0 saturated carbocycles. The van der Waals surface area contributed by atoms with Crippen molar-refractivity contribution in [1.82, 2.24) is 15.5 Å². The van der Waals surface area contributed by atoms with Gasteiger partial charge in [-0.2, -0.15) is 0 Å². The molecule has 2 aromatic rings. The first-order valence-corrected chi connectivity index (χ1v) is 8.32. The van der Waals surface area contributed by atoms with Crippen LogP contribution in [-0.2, 0) is 11.2 Å². The zero-order valence-corrected chi connectivity index (χ0v) is 13.2. The Balaban J connectivity index is 1.64. The normalized spacial score (nSPS) is 10.3. The number of nitrogens with one attached hydrogen (secondary N) is 2. The molecule has 0 aliphatic carbocycles. The molecule has 0 radical (unpaired) electrons. The fraction of sp³-hybridized carbons (Fsp3) is 0.385. The summed E-state index contributed by atoms with van der Waals surface area (Å²) >= 11 is 2.78. The number of amides is 2. The lowest BCUT2D eigenvalue weighted by atomic mass is 10.3. The summed E-state index contributed by atoms with van der Waals surface area (Å²) in [6.07, 6.45) is 1.73. The highest BCUT2D eigenvalue weighted by Crippen LogP contribution is 2.15. The van der Waals surface area contributed by atoms with Gasteiger partial charge in [-0.05, 0) is 24.3 Å². The Kier molecular flexibility index (Phi) is 5.82. The lowest BCUT2D eigenvalue weighted by molar-refractivity contribution is -0.116. The molecule has 0 spiro atoms. The van der Waals surface area contributed by atoms with Crippen LogP contribution in [0.3, 0.4) is 0 Å². The summed E-state index contributed by atoms with van der Waals surface area (Å²) in [5, 5.41) is 16.6. The van der Waals surface area contributed by atoms with Gasteiger partial charge < -0.3 is 10.6 Å². The van der Waals surface area contributed by atoms with Gasteiger partial charge in [0.15, 0.2) is 0 Å². The number of carbonyl (C=O) groups excluding carboxylic acids is 2. The third kappa shape index (κ3) is 4.91. The monoisotopic (exact) mass is 324 g/mol. The van der Waals surface area contributed by atoms with Crippen LogP contribution in [0.1, 0.15) is 34.4 Å². The van der Waals surface area contributed by atoms with Crippen LogP contribution in [-0.4, -0.2) is 28.6 Å². The minimum absolute atomic E-state index is 0.0953. The summed E-state index contributed by atoms with van der Waals surface area (Å²) in [5.74, 6) is -0.207. The Morgan fingerprint density at radius 1 is 1.33 bits per heavy atom. The first kappa shape index (κ1) is 15.6. The molecular formula is C13H16N4O2S2. The second kappa shape index (κ2) is 7.84. The van der Waals surface area contributed by atoms with Crippen LogP contribution >= 0.6 is 22.7 Å². The van der Waals surface area contributed by atoms with Gasteiger partial charge in [-0.15, -0.1) is 21.5 Å². The number of anilines is 1. The van der Waals surface area contributed by atoms with E-state index >= 15 is 0 Å². The van der Waals surface area contributed by atoms with E-state index in [1.165, 1.54) is 22.7 Å². The second-order valence-corrected chi connectivity index (χ2v) is 6.25. The zero-order chi connectivity index (χ0) is 15.1. The van der Waals surface area contributed by atoms with Gasteiger partial charge in [0, 0.05) is 13.0 Å². The number of carbonyl (C=O) groups is 2. The molecule has 6 nitrogen and oxygen atoms in total. The number of hydrogen-bond donors (Lipinski definition) is 2. The summed E-state index contributed by atoms with van der Waals surface area (Å²) in [4.78, 5) is 24.0. The summed E-state index contributed by atoms with van der Waals surface area (Å²) in [6, 6.07) is 3.60. The van der Waals surface area contributed by atoms with Crippen molar-refractivity contribution in [2.24, 2.45) is 0 Å². The molecule has 21 heavy (non-hydrogen) atoms. The molecule has 0 fully saturated rings. The average Bonchev–Trinajstić information content (AvgIpc) is 3.14. The van der Waals surface area contributed by atoms with Gasteiger partial charge in [-0.3, -0.25) is 9.59 Å². The summed E-state index contributed by atoms with van der Waals surface area (Å²) in [6.45, 7) is 2.46. The van der Waals surface area contributed by atoms with Gasteiger partial charge in [0.2, 0.25) is 11.0 Å². The Bertz CT molecular complexity index is 595. The second-order valence-electron chi connectivity index (χ2n) is 4.24. The maximum atomic E-state index is 11.7. The van der Waals surface area contributed by atoms with Gasteiger partial charge >= 0.3 is 0 Å². The van der Waals surface area contributed by atoms with Gasteiger partial charge in [0.25, 0.3) is 5.91 Å². The van der Waals surface area contributed by atoms with E-state index in [9.17, 15) is 9.59 Å². The highest BCUT2D eigenvalue weighted by atomic mass is 32.1. The minimum Gasteiger partial charge on any atom is -0.351 e. The predicted molar refractivity (Wildman–Crippen MR) is 83.8 cm³/mol. The molecule has 0 saturated heterocycles. The molecule has 2 N–H and O–H groups in total. The molecule has 0 aromatic carbocycles. The summed E-state index contributed by atoms with van der Waals surface area (Å²) in [7, 11) is 0. The smallest absolute Gasteiger partial charge is 0.261 e. The Morgan fingerprint density at radius 3 is 2.86 bits per heavy atom. The van der Waals surface area contributed by atoms with Crippen molar-refractivity contribution in [2.75, 3.05) is 11.9 Å². The SMILES string of the molecule is CCc1nnc(NC(=O)CCCNC(=O)c2cccs2)s1. The lowest BCUT2D eigenvalue weighted by Crippen LogP contribution is -2.24. The molecule has 0 unspecified atom stereocenters. The Labute approximate surface area is 130 Å². The van der Waals surface area contributed by atoms with Crippen LogP contribution in [0.4, 0.5) is 5.13 Å². The third-order valence-corrected chi connectivity index (χ3v) is 4.48. The number of thiophene rings is 1. The van der Waals surface area contributed by atoms with E-state index in [0.717, 1.165) is 11.4 Å². The zero-order valence-electron chi connectivity index (χ0n) is 11.6. The molecule has 2 heterocycles. The number of aryl methyl sites for hydroxylation is 1. The fourth-order valence-electron chi connectivity index (χ4n) is 1.57. The highest BCUT2D eigenvalue weighted by molar-refractivity contribution is 7.15. The molecular weight excluding hydrogens is 308 g/mol. The molecule has 0 aliphatic rings. The molecule has 0 atom stereocenters. The van der Waals surface area contributed by atoms with Crippen LogP contribution in [0.2, 0.25) is 0 Å². The fourth-order valence-corrected chi connectivity index (χ4v) is 2.91. The van der Waals surface area contributed by atoms with Crippen molar-refractivity contribution in [2.45, 2.75) is 26.2 Å². The van der Waals surface area contributed by atoms with Crippen LogP contribution < -0.4 is 10.6 Å². The van der Waals surface area contributed by atoms with Crippen LogP contribution in [0.15, 0.2) is 17.5 Å². The third-order valence-electron chi connectivity index (χ3n) is 2.63. The van der Waals surface area contributed by atoms with Gasteiger partial charge in [0.1, 0.15) is 5.01 Å². The van der Waals surface area contributed by atoms with Crippen molar-refractivity contribution in [3.63, 3.8) is 0 Å². The van der Waals surface area contributed by atoms with E-state index in [0.29, 0.717) is 29.4 Å². The molecule has 0 aliphatic heterocycles. The average molecular weight is 324 g/mol. The molecule has 2 amide bonds.